The number of imidazole rings is 1. The van der Waals surface area contributed by atoms with Crippen LogP contribution in [0.4, 0.5) is 5.95 Å². The number of rotatable bonds is 10. The number of nitrogens with zero attached hydrogens (tertiary/aromatic N) is 3. The number of Topliss-reactive ketones (excluding diaryl/α,β-unsaturated/α-hetero) is 1. The smallest absolute Gasteiger partial charge is 0.227 e. The highest BCUT2D eigenvalue weighted by Gasteiger charge is 2.15. The number of likely N-dealkylation sites (N-methyl/N-ethyl adjacent to an activating group) is 1. The van der Waals surface area contributed by atoms with Gasteiger partial charge in [0.1, 0.15) is 0 Å². The number of benzene rings is 2. The van der Waals surface area contributed by atoms with Crippen molar-refractivity contribution < 1.29 is 9.59 Å². The molecule has 0 saturated carbocycles. The van der Waals surface area contributed by atoms with Gasteiger partial charge in [0.05, 0.1) is 11.0 Å². The highest BCUT2D eigenvalue weighted by molar-refractivity contribution is 6.00. The molecule has 3 aromatic rings. The third-order valence-electron chi connectivity index (χ3n) is 5.11. The van der Waals surface area contributed by atoms with E-state index in [1.54, 1.807) is 12.1 Å². The Balaban J connectivity index is 1.69. The molecule has 1 N–H and O–H groups in total. The van der Waals surface area contributed by atoms with Gasteiger partial charge in [0, 0.05) is 31.5 Å². The molecule has 0 unspecified atom stereocenters. The van der Waals surface area contributed by atoms with Gasteiger partial charge in [-0.1, -0.05) is 56.3 Å². The van der Waals surface area contributed by atoms with Crippen LogP contribution in [0.2, 0.25) is 0 Å². The van der Waals surface area contributed by atoms with E-state index in [0.717, 1.165) is 37.2 Å². The minimum absolute atomic E-state index is 0.0317. The molecule has 0 atom stereocenters. The second-order valence-electron chi connectivity index (χ2n) is 6.94. The van der Waals surface area contributed by atoms with Gasteiger partial charge in [-0.05, 0) is 25.2 Å². The predicted molar refractivity (Wildman–Crippen MR) is 116 cm³/mol. The van der Waals surface area contributed by atoms with Crippen molar-refractivity contribution in [3.8, 4) is 0 Å². The molecule has 0 spiro atoms. The van der Waals surface area contributed by atoms with Gasteiger partial charge < -0.3 is 9.47 Å². The van der Waals surface area contributed by atoms with Crippen LogP contribution in [-0.2, 0) is 11.3 Å². The summed E-state index contributed by atoms with van der Waals surface area (Å²) in [7, 11) is 0. The van der Waals surface area contributed by atoms with Crippen molar-refractivity contribution in [2.24, 2.45) is 0 Å². The minimum Gasteiger partial charge on any atom is -0.309 e. The first-order chi connectivity index (χ1) is 14.1. The van der Waals surface area contributed by atoms with Gasteiger partial charge in [0.15, 0.2) is 5.78 Å². The maximum absolute atomic E-state index is 12.5. The van der Waals surface area contributed by atoms with Gasteiger partial charge in [0.25, 0.3) is 0 Å². The molecule has 2 aromatic carbocycles. The molecular weight excluding hydrogens is 364 g/mol. The molecule has 6 nitrogen and oxygen atoms in total. The topological polar surface area (TPSA) is 67.2 Å². The molecule has 0 aliphatic carbocycles. The van der Waals surface area contributed by atoms with Crippen molar-refractivity contribution in [3.63, 3.8) is 0 Å². The number of hydrogen-bond acceptors (Lipinski definition) is 4. The summed E-state index contributed by atoms with van der Waals surface area (Å²) < 4.78 is 2.05. The highest BCUT2D eigenvalue weighted by Crippen LogP contribution is 2.20. The SMILES string of the molecule is CCN(CC)CCn1c(NC(=O)CCC(=O)c2ccccc2)nc2ccccc21. The predicted octanol–water partition coefficient (Wildman–Crippen LogP) is 3.98. The van der Waals surface area contributed by atoms with E-state index in [9.17, 15) is 9.59 Å². The van der Waals surface area contributed by atoms with E-state index in [0.29, 0.717) is 11.5 Å². The fourth-order valence-corrected chi connectivity index (χ4v) is 3.36. The minimum atomic E-state index is -0.200. The summed E-state index contributed by atoms with van der Waals surface area (Å²) in [5.74, 6) is 0.306. The Morgan fingerprint density at radius 1 is 0.966 bits per heavy atom. The Hall–Kier alpha value is -2.99. The van der Waals surface area contributed by atoms with Crippen LogP contribution in [0.3, 0.4) is 0 Å². The Bertz CT molecular complexity index is 961. The van der Waals surface area contributed by atoms with Gasteiger partial charge in [0.2, 0.25) is 11.9 Å². The Morgan fingerprint density at radius 2 is 1.66 bits per heavy atom. The third kappa shape index (κ3) is 5.29. The number of aromatic nitrogens is 2. The van der Waals surface area contributed by atoms with E-state index in [4.69, 9.17) is 0 Å². The van der Waals surface area contributed by atoms with Crippen LogP contribution in [0, 0.1) is 0 Å². The van der Waals surface area contributed by atoms with Crippen molar-refractivity contribution in [2.45, 2.75) is 33.2 Å². The van der Waals surface area contributed by atoms with Crippen LogP contribution in [0.15, 0.2) is 54.6 Å². The highest BCUT2D eigenvalue weighted by atomic mass is 16.2. The van der Waals surface area contributed by atoms with Gasteiger partial charge in [-0.3, -0.25) is 14.9 Å². The largest absolute Gasteiger partial charge is 0.309 e. The van der Waals surface area contributed by atoms with Crippen molar-refractivity contribution >= 4 is 28.7 Å². The molecule has 0 bridgehead atoms. The molecule has 0 aliphatic rings. The van der Waals surface area contributed by atoms with E-state index in [1.807, 2.05) is 47.0 Å². The Labute approximate surface area is 171 Å². The van der Waals surface area contributed by atoms with Crippen molar-refractivity contribution in [1.82, 2.24) is 14.5 Å². The van der Waals surface area contributed by atoms with E-state index in [1.165, 1.54) is 0 Å². The van der Waals surface area contributed by atoms with Gasteiger partial charge in [-0.15, -0.1) is 0 Å². The summed E-state index contributed by atoms with van der Waals surface area (Å²) in [6.07, 6.45) is 0.308. The first-order valence-corrected chi connectivity index (χ1v) is 10.2. The van der Waals surface area contributed by atoms with Crippen LogP contribution in [0.1, 0.15) is 37.0 Å². The van der Waals surface area contributed by atoms with Crippen LogP contribution >= 0.6 is 0 Å². The number of fused-ring (bicyclic) bond motifs is 1. The first-order valence-electron chi connectivity index (χ1n) is 10.2. The first kappa shape index (κ1) is 20.7. The zero-order valence-electron chi connectivity index (χ0n) is 17.1. The maximum Gasteiger partial charge on any atom is 0.227 e. The number of carbonyl (C=O) groups is 2. The number of anilines is 1. The Kier molecular flexibility index (Phi) is 7.14. The van der Waals surface area contributed by atoms with Crippen LogP contribution in [0.5, 0.6) is 0 Å². The van der Waals surface area contributed by atoms with E-state index in [2.05, 4.69) is 29.0 Å². The maximum atomic E-state index is 12.5. The molecule has 0 radical (unpaired) electrons. The summed E-state index contributed by atoms with van der Waals surface area (Å²) in [5, 5.41) is 2.91. The number of carbonyl (C=O) groups excluding carboxylic acids is 2. The lowest BCUT2D eigenvalue weighted by molar-refractivity contribution is -0.116. The molecule has 0 aliphatic heterocycles. The number of nitrogens with one attached hydrogen (secondary N) is 1. The lowest BCUT2D eigenvalue weighted by atomic mass is 10.1. The molecular formula is C23H28N4O2. The second kappa shape index (κ2) is 9.98. The zero-order chi connectivity index (χ0) is 20.6. The molecule has 1 aromatic heterocycles. The molecule has 6 heteroatoms. The van der Waals surface area contributed by atoms with Crippen molar-refractivity contribution in [1.29, 1.82) is 0 Å². The molecule has 152 valence electrons. The second-order valence-corrected chi connectivity index (χ2v) is 6.94. The van der Waals surface area contributed by atoms with Crippen LogP contribution in [0.25, 0.3) is 11.0 Å². The summed E-state index contributed by atoms with van der Waals surface area (Å²) >= 11 is 0. The summed E-state index contributed by atoms with van der Waals surface area (Å²) in [4.78, 5) is 31.7. The number of para-hydroxylation sites is 2. The monoisotopic (exact) mass is 392 g/mol. The van der Waals surface area contributed by atoms with Gasteiger partial charge in [-0.25, -0.2) is 4.98 Å². The van der Waals surface area contributed by atoms with Gasteiger partial charge >= 0.3 is 0 Å². The molecule has 0 fully saturated rings. The van der Waals surface area contributed by atoms with E-state index >= 15 is 0 Å². The standard InChI is InChI=1S/C23H28N4O2/c1-3-26(4-2)16-17-27-20-13-9-8-12-19(20)24-23(27)25-22(29)15-14-21(28)18-10-6-5-7-11-18/h5-13H,3-4,14-17H2,1-2H3,(H,24,25,29). The number of ketones is 1. The van der Waals surface area contributed by atoms with Gasteiger partial charge in [-0.2, -0.15) is 0 Å². The molecule has 1 amide bonds. The van der Waals surface area contributed by atoms with Crippen molar-refractivity contribution in [2.75, 3.05) is 25.0 Å². The average Bonchev–Trinajstić information content (AvgIpc) is 3.10. The molecule has 3 rings (SSSR count). The fraction of sp³-hybridized carbons (Fsp3) is 0.348. The van der Waals surface area contributed by atoms with E-state index < -0.39 is 0 Å². The fourth-order valence-electron chi connectivity index (χ4n) is 3.36. The summed E-state index contributed by atoms with van der Waals surface area (Å²) in [5.41, 5.74) is 2.48. The lowest BCUT2D eigenvalue weighted by Gasteiger charge is -2.19. The Morgan fingerprint density at radius 3 is 2.38 bits per heavy atom. The zero-order valence-corrected chi connectivity index (χ0v) is 17.1. The summed E-state index contributed by atoms with van der Waals surface area (Å²) in [6.45, 7) is 7.85. The van der Waals surface area contributed by atoms with Crippen molar-refractivity contribution in [3.05, 3.63) is 60.2 Å². The van der Waals surface area contributed by atoms with Crippen LogP contribution in [-0.4, -0.2) is 45.8 Å². The quantitative estimate of drug-likeness (QED) is 0.530. The number of amides is 1. The molecule has 0 saturated heterocycles. The lowest BCUT2D eigenvalue weighted by Crippen LogP contribution is -2.27. The normalized spacial score (nSPS) is 11.1. The average molecular weight is 393 g/mol. The molecule has 1 heterocycles. The summed E-state index contributed by atoms with van der Waals surface area (Å²) in [6, 6.07) is 16.9. The number of hydrogen-bond donors (Lipinski definition) is 1. The van der Waals surface area contributed by atoms with E-state index in [-0.39, 0.29) is 24.5 Å². The van der Waals surface area contributed by atoms with Crippen LogP contribution < -0.4 is 5.32 Å². The third-order valence-corrected chi connectivity index (χ3v) is 5.11. The molecule has 29 heavy (non-hydrogen) atoms.